The van der Waals surface area contributed by atoms with Crippen molar-refractivity contribution in [1.82, 2.24) is 10.7 Å². The van der Waals surface area contributed by atoms with E-state index in [9.17, 15) is 4.79 Å². The van der Waals surface area contributed by atoms with Crippen LogP contribution < -0.4 is 16.6 Å². The number of nitrogens with two attached hydrogens (primary N) is 1. The second kappa shape index (κ2) is 8.90. The van der Waals surface area contributed by atoms with Crippen LogP contribution in [-0.2, 0) is 16.1 Å². The van der Waals surface area contributed by atoms with Crippen molar-refractivity contribution in [2.75, 3.05) is 13.3 Å². The summed E-state index contributed by atoms with van der Waals surface area (Å²) in [7, 11) is 0. The Morgan fingerprint density at radius 2 is 2.21 bits per heavy atom. The van der Waals surface area contributed by atoms with Gasteiger partial charge in [0.1, 0.15) is 12.8 Å². The molecule has 1 atom stereocenters. The number of benzene rings is 1. The standard InChI is InChI=1S/C11H16N6O2/c12-16-10(7-19-8-15-17-13)11(18)14-6-9-4-2-1-3-5-9/h1-5,10,16H,6-8,12H2,(H,14,18)/t10-/m1/s1. The van der Waals surface area contributed by atoms with E-state index >= 15 is 0 Å². The molecule has 4 N–H and O–H groups in total. The van der Waals surface area contributed by atoms with Gasteiger partial charge in [0.2, 0.25) is 5.91 Å². The molecular formula is C11H16N6O2. The van der Waals surface area contributed by atoms with Crippen LogP contribution in [-0.4, -0.2) is 25.3 Å². The Bertz CT molecular complexity index is 432. The van der Waals surface area contributed by atoms with Crippen molar-refractivity contribution in [2.24, 2.45) is 11.0 Å². The van der Waals surface area contributed by atoms with E-state index in [1.165, 1.54) is 0 Å². The Labute approximate surface area is 110 Å². The number of ether oxygens (including phenoxy) is 1. The van der Waals surface area contributed by atoms with Crippen molar-refractivity contribution >= 4 is 5.91 Å². The average Bonchev–Trinajstić information content (AvgIpc) is 2.46. The lowest BCUT2D eigenvalue weighted by Crippen LogP contribution is -2.49. The summed E-state index contributed by atoms with van der Waals surface area (Å²) in [6, 6.07) is 8.80. The number of nitrogens with zero attached hydrogens (tertiary/aromatic N) is 3. The number of hydrogen-bond donors (Lipinski definition) is 3. The minimum Gasteiger partial charge on any atom is -0.373 e. The van der Waals surface area contributed by atoms with Crippen LogP contribution in [0.3, 0.4) is 0 Å². The van der Waals surface area contributed by atoms with Gasteiger partial charge in [0.15, 0.2) is 0 Å². The van der Waals surface area contributed by atoms with Crippen molar-refractivity contribution in [1.29, 1.82) is 0 Å². The van der Waals surface area contributed by atoms with Gasteiger partial charge < -0.3 is 10.1 Å². The quantitative estimate of drug-likeness (QED) is 0.157. The van der Waals surface area contributed by atoms with Gasteiger partial charge in [0.05, 0.1) is 6.61 Å². The number of rotatable bonds is 8. The van der Waals surface area contributed by atoms with Crippen molar-refractivity contribution < 1.29 is 9.53 Å². The van der Waals surface area contributed by atoms with E-state index in [-0.39, 0.29) is 19.2 Å². The molecule has 1 aromatic rings. The lowest BCUT2D eigenvalue weighted by Gasteiger charge is -2.15. The van der Waals surface area contributed by atoms with Crippen LogP contribution in [0.15, 0.2) is 35.4 Å². The van der Waals surface area contributed by atoms with Gasteiger partial charge in [-0.15, -0.1) is 0 Å². The molecule has 8 nitrogen and oxygen atoms in total. The molecular weight excluding hydrogens is 248 g/mol. The number of amides is 1. The summed E-state index contributed by atoms with van der Waals surface area (Å²) in [4.78, 5) is 14.3. The van der Waals surface area contributed by atoms with Crippen LogP contribution in [0.25, 0.3) is 10.4 Å². The fourth-order valence-corrected chi connectivity index (χ4v) is 1.34. The van der Waals surface area contributed by atoms with Gasteiger partial charge >= 0.3 is 0 Å². The van der Waals surface area contributed by atoms with Gasteiger partial charge in [-0.05, 0) is 11.1 Å². The first-order valence-corrected chi connectivity index (χ1v) is 5.64. The molecule has 0 bridgehead atoms. The van der Waals surface area contributed by atoms with Crippen molar-refractivity contribution in [3.05, 3.63) is 46.3 Å². The third-order valence-corrected chi connectivity index (χ3v) is 2.32. The topological polar surface area (TPSA) is 125 Å². The van der Waals surface area contributed by atoms with Gasteiger partial charge in [-0.25, -0.2) is 5.43 Å². The molecule has 0 unspecified atom stereocenters. The maximum atomic E-state index is 11.8. The normalized spacial score (nSPS) is 11.4. The number of carbonyl (C=O) groups is 1. The second-order valence-corrected chi connectivity index (χ2v) is 3.65. The van der Waals surface area contributed by atoms with E-state index in [0.29, 0.717) is 6.54 Å². The number of nitrogens with one attached hydrogen (secondary N) is 2. The van der Waals surface area contributed by atoms with E-state index in [1.807, 2.05) is 30.3 Å². The Morgan fingerprint density at radius 3 is 2.84 bits per heavy atom. The SMILES string of the molecule is [N-]=[N+]=NCOC[C@@H](NN)C(=O)NCc1ccccc1. The summed E-state index contributed by atoms with van der Waals surface area (Å²) in [6.07, 6.45) is 0. The van der Waals surface area contributed by atoms with Crippen molar-refractivity contribution in [2.45, 2.75) is 12.6 Å². The molecule has 0 aliphatic carbocycles. The first-order valence-electron chi connectivity index (χ1n) is 5.64. The zero-order chi connectivity index (χ0) is 13.9. The summed E-state index contributed by atoms with van der Waals surface area (Å²) in [6.45, 7) is 0.297. The predicted octanol–water partition coefficient (Wildman–Crippen LogP) is 0.419. The average molecular weight is 264 g/mol. The third-order valence-electron chi connectivity index (χ3n) is 2.32. The van der Waals surface area contributed by atoms with Crippen LogP contribution in [0.5, 0.6) is 0 Å². The predicted molar refractivity (Wildman–Crippen MR) is 69.4 cm³/mol. The third kappa shape index (κ3) is 5.84. The number of hydrazine groups is 1. The maximum absolute atomic E-state index is 11.8. The van der Waals surface area contributed by atoms with E-state index in [0.717, 1.165) is 5.56 Å². The van der Waals surface area contributed by atoms with Gasteiger partial charge in [-0.2, -0.15) is 0 Å². The first-order chi connectivity index (χ1) is 9.27. The van der Waals surface area contributed by atoms with E-state index < -0.39 is 6.04 Å². The molecule has 0 saturated heterocycles. The Morgan fingerprint density at radius 1 is 1.47 bits per heavy atom. The number of azide groups is 1. The molecule has 0 spiro atoms. The smallest absolute Gasteiger partial charge is 0.241 e. The summed E-state index contributed by atoms with van der Waals surface area (Å²) in [5.41, 5.74) is 11.4. The summed E-state index contributed by atoms with van der Waals surface area (Å²) >= 11 is 0. The highest BCUT2D eigenvalue weighted by Crippen LogP contribution is 1.97. The van der Waals surface area contributed by atoms with Crippen LogP contribution >= 0.6 is 0 Å². The number of carbonyl (C=O) groups excluding carboxylic acids is 1. The molecule has 1 rings (SSSR count). The minimum absolute atomic E-state index is 0.0240. The van der Waals surface area contributed by atoms with Crippen LogP contribution in [0.1, 0.15) is 5.56 Å². The fourth-order valence-electron chi connectivity index (χ4n) is 1.34. The summed E-state index contributed by atoms with van der Waals surface area (Å²) in [5, 5.41) is 5.91. The highest BCUT2D eigenvalue weighted by molar-refractivity contribution is 5.81. The zero-order valence-corrected chi connectivity index (χ0v) is 10.3. The van der Waals surface area contributed by atoms with Crippen molar-refractivity contribution in [3.63, 3.8) is 0 Å². The van der Waals surface area contributed by atoms with Gasteiger partial charge in [-0.3, -0.25) is 10.6 Å². The molecule has 8 heteroatoms. The van der Waals surface area contributed by atoms with Gasteiger partial charge in [-0.1, -0.05) is 35.4 Å². The van der Waals surface area contributed by atoms with Crippen LogP contribution in [0.2, 0.25) is 0 Å². The molecule has 0 radical (unpaired) electrons. The fraction of sp³-hybridized carbons (Fsp3) is 0.364. The maximum Gasteiger partial charge on any atom is 0.241 e. The molecule has 0 fully saturated rings. The monoisotopic (exact) mass is 264 g/mol. The van der Waals surface area contributed by atoms with E-state index in [2.05, 4.69) is 20.8 Å². The van der Waals surface area contributed by atoms with Crippen molar-refractivity contribution in [3.8, 4) is 0 Å². The molecule has 19 heavy (non-hydrogen) atoms. The summed E-state index contributed by atoms with van der Waals surface area (Å²) < 4.78 is 4.98. The highest BCUT2D eigenvalue weighted by Gasteiger charge is 2.16. The molecule has 0 heterocycles. The Kier molecular flexibility index (Phi) is 7.00. The molecule has 1 aromatic carbocycles. The zero-order valence-electron chi connectivity index (χ0n) is 10.3. The first kappa shape index (κ1) is 14.9. The molecule has 0 aromatic heterocycles. The lowest BCUT2D eigenvalue weighted by molar-refractivity contribution is -0.124. The lowest BCUT2D eigenvalue weighted by atomic mass is 10.2. The highest BCUT2D eigenvalue weighted by atomic mass is 16.5. The van der Waals surface area contributed by atoms with Gasteiger partial charge in [0, 0.05) is 11.5 Å². The number of hydrogen-bond acceptors (Lipinski definition) is 5. The van der Waals surface area contributed by atoms with Crippen LogP contribution in [0.4, 0.5) is 0 Å². The summed E-state index contributed by atoms with van der Waals surface area (Å²) in [5.74, 6) is 4.98. The molecule has 0 aliphatic heterocycles. The Hall–Kier alpha value is -2.12. The van der Waals surface area contributed by atoms with E-state index in [1.54, 1.807) is 0 Å². The molecule has 0 aliphatic rings. The second-order valence-electron chi connectivity index (χ2n) is 3.65. The Balaban J connectivity index is 2.34. The molecule has 1 amide bonds. The largest absolute Gasteiger partial charge is 0.373 e. The van der Waals surface area contributed by atoms with Crippen LogP contribution in [0, 0.1) is 0 Å². The molecule has 102 valence electrons. The van der Waals surface area contributed by atoms with Gasteiger partial charge in [0.25, 0.3) is 0 Å². The minimum atomic E-state index is -0.697. The van der Waals surface area contributed by atoms with E-state index in [4.69, 9.17) is 16.1 Å². The molecule has 0 saturated carbocycles.